The number of amides is 1. The molecule has 1 amide bonds. The van der Waals surface area contributed by atoms with E-state index in [0.717, 1.165) is 51.9 Å². The van der Waals surface area contributed by atoms with E-state index in [0.29, 0.717) is 10.3 Å². The van der Waals surface area contributed by atoms with Crippen LogP contribution in [0.1, 0.15) is 39.5 Å². The van der Waals surface area contributed by atoms with Crippen LogP contribution in [-0.2, 0) is 14.8 Å². The third-order valence-electron chi connectivity index (χ3n) is 5.51. The van der Waals surface area contributed by atoms with Gasteiger partial charge in [0.15, 0.2) is 0 Å². The Labute approximate surface area is 160 Å². The summed E-state index contributed by atoms with van der Waals surface area (Å²) < 4.78 is 27.8. The van der Waals surface area contributed by atoms with Crippen molar-refractivity contribution < 1.29 is 13.2 Å². The van der Waals surface area contributed by atoms with E-state index >= 15 is 0 Å². The predicted octanol–water partition coefficient (Wildman–Crippen LogP) is 2.14. The molecule has 1 aliphatic carbocycles. The van der Waals surface area contributed by atoms with Gasteiger partial charge in [-0.2, -0.15) is 0 Å². The van der Waals surface area contributed by atoms with Crippen LogP contribution in [-0.4, -0.2) is 62.4 Å². The number of nitrogens with one attached hydrogen (secondary N) is 1. The molecule has 1 aromatic heterocycles. The monoisotopic (exact) mass is 399 g/mol. The number of carbonyl (C=O) groups excluding carboxylic acids is 1. The van der Waals surface area contributed by atoms with Gasteiger partial charge in [0.25, 0.3) is 0 Å². The lowest BCUT2D eigenvalue weighted by Crippen LogP contribution is -2.52. The molecule has 1 saturated heterocycles. The molecule has 0 radical (unpaired) electrons. The maximum Gasteiger partial charge on any atom is 0.250 e. The van der Waals surface area contributed by atoms with Gasteiger partial charge in [0.05, 0.1) is 0 Å². The van der Waals surface area contributed by atoms with Crippen molar-refractivity contribution in [3.63, 3.8) is 0 Å². The number of carbonyl (C=O) groups is 1. The highest BCUT2D eigenvalue weighted by Gasteiger charge is 2.32. The van der Waals surface area contributed by atoms with Crippen LogP contribution < -0.4 is 4.72 Å². The number of thiophene rings is 1. The first-order chi connectivity index (χ1) is 12.4. The zero-order valence-corrected chi connectivity index (χ0v) is 17.2. The summed E-state index contributed by atoms with van der Waals surface area (Å²) in [6, 6.07) is 3.83. The standard InChI is InChI=1S/C18H29N3O3S2/c1-14(2)20-9-11-21(12-10-20)18(22)15-5-7-16(8-6-15)19-26(23,24)17-4-3-13-25-17/h3-4,13-16,19H,5-12H2,1-2H3/t15-,16-. The van der Waals surface area contributed by atoms with Crippen molar-refractivity contribution in [2.75, 3.05) is 26.2 Å². The summed E-state index contributed by atoms with van der Waals surface area (Å²) >= 11 is 1.23. The molecule has 2 aliphatic rings. The van der Waals surface area contributed by atoms with Gasteiger partial charge in [0.2, 0.25) is 15.9 Å². The smallest absolute Gasteiger partial charge is 0.250 e. The van der Waals surface area contributed by atoms with Gasteiger partial charge in [-0.15, -0.1) is 11.3 Å². The summed E-state index contributed by atoms with van der Waals surface area (Å²) in [6.45, 7) is 7.88. The second-order valence-electron chi connectivity index (χ2n) is 7.56. The van der Waals surface area contributed by atoms with Crippen molar-refractivity contribution in [3.05, 3.63) is 17.5 Å². The van der Waals surface area contributed by atoms with Crippen LogP contribution in [0.25, 0.3) is 0 Å². The highest BCUT2D eigenvalue weighted by Crippen LogP contribution is 2.28. The zero-order chi connectivity index (χ0) is 18.7. The highest BCUT2D eigenvalue weighted by molar-refractivity contribution is 7.91. The number of nitrogens with zero attached hydrogens (tertiary/aromatic N) is 2. The molecule has 6 nitrogen and oxygen atoms in total. The van der Waals surface area contributed by atoms with Crippen LogP contribution in [0.3, 0.4) is 0 Å². The Hall–Kier alpha value is -0.960. The van der Waals surface area contributed by atoms with E-state index in [1.54, 1.807) is 17.5 Å². The van der Waals surface area contributed by atoms with Crippen molar-refractivity contribution in [2.45, 2.75) is 55.8 Å². The molecule has 26 heavy (non-hydrogen) atoms. The van der Waals surface area contributed by atoms with Crippen LogP contribution in [0.15, 0.2) is 21.7 Å². The van der Waals surface area contributed by atoms with Crippen molar-refractivity contribution in [3.8, 4) is 0 Å². The van der Waals surface area contributed by atoms with Crippen LogP contribution in [0.5, 0.6) is 0 Å². The summed E-state index contributed by atoms with van der Waals surface area (Å²) in [5, 5.41) is 1.77. The summed E-state index contributed by atoms with van der Waals surface area (Å²) in [6.07, 6.45) is 2.99. The highest BCUT2D eigenvalue weighted by atomic mass is 32.2. The molecule has 1 saturated carbocycles. The number of hydrogen-bond donors (Lipinski definition) is 1. The number of piperazine rings is 1. The Kier molecular flexibility index (Phi) is 6.37. The minimum Gasteiger partial charge on any atom is -0.340 e. The minimum absolute atomic E-state index is 0.0445. The third kappa shape index (κ3) is 4.65. The summed E-state index contributed by atoms with van der Waals surface area (Å²) in [5.74, 6) is 0.302. The molecule has 3 rings (SSSR count). The second-order valence-corrected chi connectivity index (χ2v) is 10.4. The van der Waals surface area contributed by atoms with E-state index < -0.39 is 10.0 Å². The van der Waals surface area contributed by atoms with Crippen LogP contribution in [0.4, 0.5) is 0 Å². The molecular formula is C18H29N3O3S2. The number of sulfonamides is 1. The third-order valence-corrected chi connectivity index (χ3v) is 8.43. The maximum atomic E-state index is 12.8. The van der Waals surface area contributed by atoms with Gasteiger partial charge in [0.1, 0.15) is 4.21 Å². The maximum absolute atomic E-state index is 12.8. The normalized spacial score (nSPS) is 25.6. The molecule has 146 valence electrons. The molecule has 2 heterocycles. The van der Waals surface area contributed by atoms with Gasteiger partial charge in [-0.25, -0.2) is 13.1 Å². The van der Waals surface area contributed by atoms with E-state index in [9.17, 15) is 13.2 Å². The Morgan fingerprint density at radius 1 is 1.15 bits per heavy atom. The van der Waals surface area contributed by atoms with Gasteiger partial charge in [-0.1, -0.05) is 6.07 Å². The molecule has 0 atom stereocenters. The second kappa shape index (κ2) is 8.37. The Balaban J connectivity index is 1.47. The first-order valence-corrected chi connectivity index (χ1v) is 11.8. The molecule has 0 unspecified atom stereocenters. The van der Waals surface area contributed by atoms with Gasteiger partial charge in [-0.05, 0) is 51.0 Å². The zero-order valence-electron chi connectivity index (χ0n) is 15.6. The van der Waals surface area contributed by atoms with E-state index in [1.165, 1.54) is 11.3 Å². The van der Waals surface area contributed by atoms with E-state index in [1.807, 2.05) is 4.90 Å². The van der Waals surface area contributed by atoms with Gasteiger partial charge in [0, 0.05) is 44.2 Å². The molecule has 1 aliphatic heterocycles. The molecule has 1 N–H and O–H groups in total. The average molecular weight is 400 g/mol. The predicted molar refractivity (Wildman–Crippen MR) is 104 cm³/mol. The fourth-order valence-electron chi connectivity index (χ4n) is 3.87. The molecule has 8 heteroatoms. The van der Waals surface area contributed by atoms with E-state index in [-0.39, 0.29) is 17.9 Å². The fourth-order valence-corrected chi connectivity index (χ4v) is 6.18. The average Bonchev–Trinajstić information content (AvgIpc) is 3.17. The van der Waals surface area contributed by atoms with Crippen LogP contribution in [0.2, 0.25) is 0 Å². The Morgan fingerprint density at radius 2 is 1.81 bits per heavy atom. The van der Waals surface area contributed by atoms with Crippen LogP contribution in [0, 0.1) is 5.92 Å². The van der Waals surface area contributed by atoms with Crippen molar-refractivity contribution in [1.82, 2.24) is 14.5 Å². The minimum atomic E-state index is -3.42. The SMILES string of the molecule is CC(C)N1CCN(C(=O)[C@H]2CC[C@H](NS(=O)(=O)c3cccs3)CC2)CC1. The quantitative estimate of drug-likeness (QED) is 0.824. The lowest BCUT2D eigenvalue weighted by molar-refractivity contribution is -0.138. The van der Waals surface area contributed by atoms with E-state index in [2.05, 4.69) is 23.5 Å². The first kappa shape index (κ1) is 19.8. The molecule has 0 spiro atoms. The number of hydrogen-bond acceptors (Lipinski definition) is 5. The van der Waals surface area contributed by atoms with Gasteiger partial charge >= 0.3 is 0 Å². The largest absolute Gasteiger partial charge is 0.340 e. The van der Waals surface area contributed by atoms with Crippen molar-refractivity contribution >= 4 is 27.3 Å². The van der Waals surface area contributed by atoms with Crippen LogP contribution >= 0.6 is 11.3 Å². The Morgan fingerprint density at radius 3 is 2.35 bits per heavy atom. The number of rotatable bonds is 5. The summed E-state index contributed by atoms with van der Waals surface area (Å²) in [4.78, 5) is 17.2. The molecule has 0 aromatic carbocycles. The van der Waals surface area contributed by atoms with Gasteiger partial charge < -0.3 is 4.90 Å². The lowest BCUT2D eigenvalue weighted by Gasteiger charge is -2.39. The van der Waals surface area contributed by atoms with Gasteiger partial charge in [-0.3, -0.25) is 9.69 Å². The lowest BCUT2D eigenvalue weighted by atomic mass is 9.85. The van der Waals surface area contributed by atoms with E-state index in [4.69, 9.17) is 0 Å². The van der Waals surface area contributed by atoms with Crippen molar-refractivity contribution in [2.24, 2.45) is 5.92 Å². The summed E-state index contributed by atoms with van der Waals surface area (Å²) in [5.41, 5.74) is 0. The first-order valence-electron chi connectivity index (χ1n) is 9.45. The topological polar surface area (TPSA) is 69.7 Å². The molecule has 2 fully saturated rings. The fraction of sp³-hybridized carbons (Fsp3) is 0.722. The Bertz CT molecular complexity index is 687. The summed E-state index contributed by atoms with van der Waals surface area (Å²) in [7, 11) is -3.42. The molecular weight excluding hydrogens is 370 g/mol. The molecule has 1 aromatic rings. The van der Waals surface area contributed by atoms with Crippen molar-refractivity contribution in [1.29, 1.82) is 0 Å². The molecule has 0 bridgehead atoms.